The molecule has 0 radical (unpaired) electrons. The maximum atomic E-state index is 12.9. The Hall–Kier alpha value is -3.35. The zero-order valence-electron chi connectivity index (χ0n) is 15.5. The highest BCUT2D eigenvalue weighted by atomic mass is 16.5. The van der Waals surface area contributed by atoms with Crippen molar-refractivity contribution in [2.45, 2.75) is 13.8 Å². The standard InChI is InChI=1S/C20H21N3O4/c1-4-26-13-10-11-17(27-5-2)16(12-13)22-19(24)18-20(25-3)23-15-9-7-6-8-14(15)21-18/h6-12H,4-5H2,1-3H3,(H,22,24). The van der Waals surface area contributed by atoms with E-state index in [-0.39, 0.29) is 11.6 Å². The van der Waals surface area contributed by atoms with Gasteiger partial charge in [-0.05, 0) is 38.1 Å². The number of fused-ring (bicyclic) bond motifs is 1. The van der Waals surface area contributed by atoms with Gasteiger partial charge in [0.25, 0.3) is 5.91 Å². The predicted molar refractivity (Wildman–Crippen MR) is 103 cm³/mol. The van der Waals surface area contributed by atoms with E-state index in [1.54, 1.807) is 24.3 Å². The van der Waals surface area contributed by atoms with Gasteiger partial charge in [0.1, 0.15) is 11.5 Å². The number of nitrogens with zero attached hydrogens (tertiary/aromatic N) is 2. The Morgan fingerprint density at radius 2 is 1.70 bits per heavy atom. The van der Waals surface area contributed by atoms with Crippen LogP contribution in [0.25, 0.3) is 11.0 Å². The lowest BCUT2D eigenvalue weighted by Crippen LogP contribution is -2.17. The van der Waals surface area contributed by atoms with E-state index in [0.29, 0.717) is 41.4 Å². The highest BCUT2D eigenvalue weighted by Gasteiger charge is 2.19. The van der Waals surface area contributed by atoms with Crippen LogP contribution in [0.3, 0.4) is 0 Å². The third-order valence-electron chi connectivity index (χ3n) is 3.76. The first kappa shape index (κ1) is 18.4. The normalized spacial score (nSPS) is 10.5. The number of hydrogen-bond acceptors (Lipinski definition) is 6. The summed E-state index contributed by atoms with van der Waals surface area (Å²) in [6.07, 6.45) is 0. The van der Waals surface area contributed by atoms with Crippen molar-refractivity contribution in [3.05, 3.63) is 48.2 Å². The Bertz CT molecular complexity index is 959. The summed E-state index contributed by atoms with van der Waals surface area (Å²) in [7, 11) is 1.46. The molecule has 0 atom stereocenters. The van der Waals surface area contributed by atoms with Gasteiger partial charge in [-0.3, -0.25) is 4.79 Å². The van der Waals surface area contributed by atoms with E-state index in [0.717, 1.165) is 0 Å². The summed E-state index contributed by atoms with van der Waals surface area (Å²) in [6.45, 7) is 4.76. The molecule has 0 spiro atoms. The van der Waals surface area contributed by atoms with E-state index in [1.807, 2.05) is 32.0 Å². The minimum absolute atomic E-state index is 0.0976. The van der Waals surface area contributed by atoms with Crippen molar-refractivity contribution in [1.29, 1.82) is 0 Å². The van der Waals surface area contributed by atoms with Gasteiger partial charge in [0.2, 0.25) is 5.88 Å². The Labute approximate surface area is 157 Å². The Morgan fingerprint density at radius 1 is 1.00 bits per heavy atom. The number of anilines is 1. The number of benzene rings is 2. The first-order valence-electron chi connectivity index (χ1n) is 8.68. The third-order valence-corrected chi connectivity index (χ3v) is 3.76. The molecule has 140 valence electrons. The van der Waals surface area contributed by atoms with Crippen LogP contribution in [-0.2, 0) is 0 Å². The Morgan fingerprint density at radius 3 is 2.37 bits per heavy atom. The fourth-order valence-electron chi connectivity index (χ4n) is 2.60. The fraction of sp³-hybridized carbons (Fsp3) is 0.250. The molecule has 0 aliphatic heterocycles. The quantitative estimate of drug-likeness (QED) is 0.686. The molecule has 1 heterocycles. The van der Waals surface area contributed by atoms with Gasteiger partial charge in [0.05, 0.1) is 37.0 Å². The highest BCUT2D eigenvalue weighted by molar-refractivity contribution is 6.06. The van der Waals surface area contributed by atoms with Crippen LogP contribution in [-0.4, -0.2) is 36.2 Å². The molecule has 0 bridgehead atoms. The monoisotopic (exact) mass is 367 g/mol. The van der Waals surface area contributed by atoms with Crippen molar-refractivity contribution >= 4 is 22.6 Å². The van der Waals surface area contributed by atoms with Crippen molar-refractivity contribution < 1.29 is 19.0 Å². The third kappa shape index (κ3) is 4.08. The van der Waals surface area contributed by atoms with E-state index in [2.05, 4.69) is 15.3 Å². The molecule has 0 fully saturated rings. The summed E-state index contributed by atoms with van der Waals surface area (Å²) < 4.78 is 16.4. The van der Waals surface area contributed by atoms with Crippen LogP contribution in [0.5, 0.6) is 17.4 Å². The molecule has 0 aliphatic rings. The van der Waals surface area contributed by atoms with Crippen molar-refractivity contribution in [2.75, 3.05) is 25.6 Å². The van der Waals surface area contributed by atoms with Crippen LogP contribution in [0, 0.1) is 0 Å². The van der Waals surface area contributed by atoms with Gasteiger partial charge in [0.15, 0.2) is 5.69 Å². The summed E-state index contributed by atoms with van der Waals surface area (Å²) in [5.74, 6) is 0.889. The molecule has 2 aromatic carbocycles. The van der Waals surface area contributed by atoms with Gasteiger partial charge >= 0.3 is 0 Å². The maximum Gasteiger partial charge on any atom is 0.280 e. The number of ether oxygens (including phenoxy) is 3. The molecule has 1 aromatic heterocycles. The van der Waals surface area contributed by atoms with E-state index in [1.165, 1.54) is 7.11 Å². The minimum atomic E-state index is -0.445. The molecule has 0 unspecified atom stereocenters. The number of rotatable bonds is 7. The van der Waals surface area contributed by atoms with Gasteiger partial charge in [-0.1, -0.05) is 12.1 Å². The summed E-state index contributed by atoms with van der Waals surface area (Å²) in [4.78, 5) is 21.6. The van der Waals surface area contributed by atoms with Crippen LogP contribution in [0.4, 0.5) is 5.69 Å². The van der Waals surface area contributed by atoms with E-state index < -0.39 is 5.91 Å². The fourth-order valence-corrected chi connectivity index (χ4v) is 2.60. The smallest absolute Gasteiger partial charge is 0.280 e. The van der Waals surface area contributed by atoms with Crippen molar-refractivity contribution in [2.24, 2.45) is 0 Å². The molecule has 3 rings (SSSR count). The SMILES string of the molecule is CCOc1ccc(OCC)c(NC(=O)c2nc3ccccc3nc2OC)c1. The second-order valence-electron chi connectivity index (χ2n) is 5.55. The Kier molecular flexibility index (Phi) is 5.71. The van der Waals surface area contributed by atoms with Crippen LogP contribution in [0.2, 0.25) is 0 Å². The van der Waals surface area contributed by atoms with E-state index in [4.69, 9.17) is 14.2 Å². The lowest BCUT2D eigenvalue weighted by molar-refractivity contribution is 0.101. The van der Waals surface area contributed by atoms with Crippen molar-refractivity contribution in [3.8, 4) is 17.4 Å². The van der Waals surface area contributed by atoms with Crippen molar-refractivity contribution in [3.63, 3.8) is 0 Å². The predicted octanol–water partition coefficient (Wildman–Crippen LogP) is 3.69. The summed E-state index contributed by atoms with van der Waals surface area (Å²) in [5, 5.41) is 2.82. The van der Waals surface area contributed by atoms with Gasteiger partial charge in [-0.15, -0.1) is 0 Å². The van der Waals surface area contributed by atoms with E-state index >= 15 is 0 Å². The molecule has 7 nitrogen and oxygen atoms in total. The van der Waals surface area contributed by atoms with Crippen LogP contribution >= 0.6 is 0 Å². The first-order valence-corrected chi connectivity index (χ1v) is 8.68. The number of para-hydroxylation sites is 2. The molecule has 0 saturated heterocycles. The van der Waals surface area contributed by atoms with Gasteiger partial charge in [0, 0.05) is 6.07 Å². The summed E-state index contributed by atoms with van der Waals surface area (Å²) in [6, 6.07) is 12.6. The number of aromatic nitrogens is 2. The molecular weight excluding hydrogens is 346 g/mol. The summed E-state index contributed by atoms with van der Waals surface area (Å²) >= 11 is 0. The van der Waals surface area contributed by atoms with Crippen LogP contribution in [0.1, 0.15) is 24.3 Å². The molecule has 1 N–H and O–H groups in total. The molecule has 1 amide bonds. The zero-order chi connectivity index (χ0) is 19.2. The average Bonchev–Trinajstić information content (AvgIpc) is 2.69. The lowest BCUT2D eigenvalue weighted by Gasteiger charge is -2.14. The number of nitrogens with one attached hydrogen (secondary N) is 1. The van der Waals surface area contributed by atoms with Crippen LogP contribution in [0.15, 0.2) is 42.5 Å². The molecule has 3 aromatic rings. The van der Waals surface area contributed by atoms with Gasteiger partial charge < -0.3 is 19.5 Å². The second kappa shape index (κ2) is 8.35. The minimum Gasteiger partial charge on any atom is -0.494 e. The molecule has 27 heavy (non-hydrogen) atoms. The zero-order valence-corrected chi connectivity index (χ0v) is 15.5. The first-order chi connectivity index (χ1) is 13.2. The van der Waals surface area contributed by atoms with E-state index in [9.17, 15) is 4.79 Å². The van der Waals surface area contributed by atoms with Gasteiger partial charge in [-0.25, -0.2) is 9.97 Å². The number of methoxy groups -OCH3 is 1. The maximum absolute atomic E-state index is 12.9. The highest BCUT2D eigenvalue weighted by Crippen LogP contribution is 2.30. The molecule has 0 saturated carbocycles. The van der Waals surface area contributed by atoms with Crippen LogP contribution < -0.4 is 19.5 Å². The second-order valence-corrected chi connectivity index (χ2v) is 5.55. The van der Waals surface area contributed by atoms with Crippen molar-refractivity contribution in [1.82, 2.24) is 9.97 Å². The lowest BCUT2D eigenvalue weighted by atomic mass is 10.2. The number of amides is 1. The molecule has 0 aliphatic carbocycles. The molecule has 7 heteroatoms. The Balaban J connectivity index is 1.97. The largest absolute Gasteiger partial charge is 0.494 e. The summed E-state index contributed by atoms with van der Waals surface area (Å²) in [5.41, 5.74) is 1.85. The topological polar surface area (TPSA) is 82.6 Å². The number of hydrogen-bond donors (Lipinski definition) is 1. The average molecular weight is 367 g/mol. The number of carbonyl (C=O) groups excluding carboxylic acids is 1. The van der Waals surface area contributed by atoms with Gasteiger partial charge in [-0.2, -0.15) is 0 Å². The number of carbonyl (C=O) groups is 1. The molecular formula is C20H21N3O4.